The number of amides is 1. The fraction of sp³-hybridized carbons (Fsp3) is 0.357. The van der Waals surface area contributed by atoms with E-state index in [0.717, 1.165) is 22.9 Å². The molecule has 0 aliphatic carbocycles. The van der Waals surface area contributed by atoms with Crippen LogP contribution in [0.1, 0.15) is 18.9 Å². The van der Waals surface area contributed by atoms with Crippen LogP contribution >= 0.6 is 0 Å². The zero-order valence-corrected chi connectivity index (χ0v) is 10.6. The van der Waals surface area contributed by atoms with Crippen LogP contribution in [0.4, 0.5) is 0 Å². The SMILES string of the molecule is CCC(N)CNC(=O)Cc1c[nH]c2ccccc12. The summed E-state index contributed by atoms with van der Waals surface area (Å²) in [4.78, 5) is 15.0. The van der Waals surface area contributed by atoms with E-state index in [2.05, 4.69) is 10.3 Å². The third kappa shape index (κ3) is 2.90. The number of fused-ring (bicyclic) bond motifs is 1. The molecule has 0 aliphatic heterocycles. The summed E-state index contributed by atoms with van der Waals surface area (Å²) >= 11 is 0. The first-order chi connectivity index (χ1) is 8.70. The molecule has 4 heteroatoms. The number of nitrogens with two attached hydrogens (primary N) is 1. The van der Waals surface area contributed by atoms with E-state index in [9.17, 15) is 4.79 Å². The highest BCUT2D eigenvalue weighted by Gasteiger charge is 2.09. The lowest BCUT2D eigenvalue weighted by Gasteiger charge is -2.09. The van der Waals surface area contributed by atoms with Crippen molar-refractivity contribution in [3.05, 3.63) is 36.0 Å². The zero-order valence-electron chi connectivity index (χ0n) is 10.6. The number of para-hydroxylation sites is 1. The maximum Gasteiger partial charge on any atom is 0.224 e. The number of benzene rings is 1. The van der Waals surface area contributed by atoms with Crippen molar-refractivity contribution in [1.29, 1.82) is 0 Å². The zero-order chi connectivity index (χ0) is 13.0. The van der Waals surface area contributed by atoms with Gasteiger partial charge in [-0.3, -0.25) is 4.79 Å². The molecule has 1 unspecified atom stereocenters. The number of aromatic nitrogens is 1. The molecule has 1 amide bonds. The van der Waals surface area contributed by atoms with Gasteiger partial charge in [0.1, 0.15) is 0 Å². The molecule has 2 aromatic rings. The number of hydrogen-bond donors (Lipinski definition) is 3. The monoisotopic (exact) mass is 245 g/mol. The van der Waals surface area contributed by atoms with E-state index in [4.69, 9.17) is 5.73 Å². The number of carbonyl (C=O) groups excluding carboxylic acids is 1. The third-order valence-corrected chi connectivity index (χ3v) is 3.11. The molecule has 2 rings (SSSR count). The van der Waals surface area contributed by atoms with Gasteiger partial charge in [0.2, 0.25) is 5.91 Å². The fourth-order valence-electron chi connectivity index (χ4n) is 1.90. The van der Waals surface area contributed by atoms with Crippen molar-refractivity contribution >= 4 is 16.8 Å². The van der Waals surface area contributed by atoms with Gasteiger partial charge in [0, 0.05) is 29.7 Å². The Labute approximate surface area is 107 Å². The van der Waals surface area contributed by atoms with Crippen molar-refractivity contribution in [2.45, 2.75) is 25.8 Å². The Morgan fingerprint density at radius 3 is 3.00 bits per heavy atom. The first-order valence-corrected chi connectivity index (χ1v) is 6.28. The molecule has 0 saturated heterocycles. The molecule has 4 nitrogen and oxygen atoms in total. The fourth-order valence-corrected chi connectivity index (χ4v) is 1.90. The summed E-state index contributed by atoms with van der Waals surface area (Å²) in [7, 11) is 0. The van der Waals surface area contributed by atoms with Gasteiger partial charge in [0.05, 0.1) is 6.42 Å². The summed E-state index contributed by atoms with van der Waals surface area (Å²) in [5.41, 5.74) is 7.85. The van der Waals surface area contributed by atoms with E-state index in [0.29, 0.717) is 13.0 Å². The Hall–Kier alpha value is -1.81. The Bertz CT molecular complexity index is 533. The Kier molecular flexibility index (Phi) is 3.99. The Morgan fingerprint density at radius 1 is 1.44 bits per heavy atom. The number of H-pyrrole nitrogens is 1. The molecule has 96 valence electrons. The van der Waals surface area contributed by atoms with E-state index in [1.165, 1.54) is 0 Å². The number of nitrogens with one attached hydrogen (secondary N) is 2. The highest BCUT2D eigenvalue weighted by atomic mass is 16.1. The number of rotatable bonds is 5. The molecule has 0 aliphatic rings. The van der Waals surface area contributed by atoms with Crippen LogP contribution in [0, 0.1) is 0 Å². The molecule has 0 spiro atoms. The molecule has 0 bridgehead atoms. The first-order valence-electron chi connectivity index (χ1n) is 6.28. The second kappa shape index (κ2) is 5.69. The van der Waals surface area contributed by atoms with E-state index in [1.807, 2.05) is 37.4 Å². The van der Waals surface area contributed by atoms with Gasteiger partial charge >= 0.3 is 0 Å². The summed E-state index contributed by atoms with van der Waals surface area (Å²) in [5.74, 6) is 0.0173. The summed E-state index contributed by atoms with van der Waals surface area (Å²) in [6.45, 7) is 2.55. The lowest BCUT2D eigenvalue weighted by atomic mass is 10.1. The van der Waals surface area contributed by atoms with Crippen LogP contribution in [0.2, 0.25) is 0 Å². The maximum atomic E-state index is 11.8. The van der Waals surface area contributed by atoms with Crippen molar-refractivity contribution in [2.75, 3.05) is 6.54 Å². The second-order valence-electron chi connectivity index (χ2n) is 4.51. The topological polar surface area (TPSA) is 70.9 Å². The summed E-state index contributed by atoms with van der Waals surface area (Å²) in [6.07, 6.45) is 3.15. The van der Waals surface area contributed by atoms with E-state index in [-0.39, 0.29) is 11.9 Å². The third-order valence-electron chi connectivity index (χ3n) is 3.11. The van der Waals surface area contributed by atoms with Crippen LogP contribution in [-0.4, -0.2) is 23.5 Å². The number of carbonyl (C=O) groups is 1. The largest absolute Gasteiger partial charge is 0.361 e. The van der Waals surface area contributed by atoms with E-state index in [1.54, 1.807) is 0 Å². The Morgan fingerprint density at radius 2 is 2.22 bits per heavy atom. The minimum Gasteiger partial charge on any atom is -0.361 e. The second-order valence-corrected chi connectivity index (χ2v) is 4.51. The molecule has 18 heavy (non-hydrogen) atoms. The van der Waals surface area contributed by atoms with Crippen molar-refractivity contribution in [2.24, 2.45) is 5.73 Å². The molecular weight excluding hydrogens is 226 g/mol. The molecule has 1 aromatic heterocycles. The van der Waals surface area contributed by atoms with Crippen molar-refractivity contribution in [1.82, 2.24) is 10.3 Å². The number of aromatic amines is 1. The van der Waals surface area contributed by atoms with Gasteiger partial charge in [-0.15, -0.1) is 0 Å². The summed E-state index contributed by atoms with van der Waals surface area (Å²) < 4.78 is 0. The highest BCUT2D eigenvalue weighted by molar-refractivity contribution is 5.88. The molecule has 1 atom stereocenters. The van der Waals surface area contributed by atoms with Gasteiger partial charge in [-0.2, -0.15) is 0 Å². The minimum absolute atomic E-state index is 0.0173. The van der Waals surface area contributed by atoms with E-state index >= 15 is 0 Å². The van der Waals surface area contributed by atoms with Crippen LogP contribution < -0.4 is 11.1 Å². The van der Waals surface area contributed by atoms with Crippen molar-refractivity contribution < 1.29 is 4.79 Å². The van der Waals surface area contributed by atoms with Crippen LogP contribution in [0.5, 0.6) is 0 Å². The Balaban J connectivity index is 1.99. The van der Waals surface area contributed by atoms with Gasteiger partial charge in [0.15, 0.2) is 0 Å². The molecule has 1 aromatic carbocycles. The van der Waals surface area contributed by atoms with Crippen LogP contribution in [0.3, 0.4) is 0 Å². The lowest BCUT2D eigenvalue weighted by Crippen LogP contribution is -2.37. The molecular formula is C14H19N3O. The van der Waals surface area contributed by atoms with Crippen LogP contribution in [0.15, 0.2) is 30.5 Å². The lowest BCUT2D eigenvalue weighted by molar-refractivity contribution is -0.120. The summed E-state index contributed by atoms with van der Waals surface area (Å²) in [6, 6.07) is 8.01. The smallest absolute Gasteiger partial charge is 0.224 e. The average molecular weight is 245 g/mol. The van der Waals surface area contributed by atoms with E-state index < -0.39 is 0 Å². The van der Waals surface area contributed by atoms with Gasteiger partial charge in [0.25, 0.3) is 0 Å². The maximum absolute atomic E-state index is 11.8. The molecule has 1 heterocycles. The van der Waals surface area contributed by atoms with Gasteiger partial charge in [-0.1, -0.05) is 25.1 Å². The van der Waals surface area contributed by atoms with Gasteiger partial charge in [-0.25, -0.2) is 0 Å². The standard InChI is InChI=1S/C14H19N3O/c1-2-11(15)9-17-14(18)7-10-8-16-13-6-4-3-5-12(10)13/h3-6,8,11,16H,2,7,9,15H2,1H3,(H,17,18). The van der Waals surface area contributed by atoms with Crippen molar-refractivity contribution in [3.8, 4) is 0 Å². The molecule has 0 radical (unpaired) electrons. The normalized spacial score (nSPS) is 12.6. The molecule has 0 fully saturated rings. The summed E-state index contributed by atoms with van der Waals surface area (Å²) in [5, 5.41) is 3.96. The molecule has 4 N–H and O–H groups in total. The van der Waals surface area contributed by atoms with Crippen molar-refractivity contribution in [3.63, 3.8) is 0 Å². The number of hydrogen-bond acceptors (Lipinski definition) is 2. The average Bonchev–Trinajstić information content (AvgIpc) is 2.79. The minimum atomic E-state index is 0.0173. The highest BCUT2D eigenvalue weighted by Crippen LogP contribution is 2.17. The van der Waals surface area contributed by atoms with Gasteiger partial charge in [-0.05, 0) is 18.1 Å². The van der Waals surface area contributed by atoms with Crippen LogP contribution in [-0.2, 0) is 11.2 Å². The van der Waals surface area contributed by atoms with Gasteiger partial charge < -0.3 is 16.0 Å². The predicted octanol–water partition coefficient (Wildman–Crippen LogP) is 1.56. The predicted molar refractivity (Wildman–Crippen MR) is 73.3 cm³/mol. The van der Waals surface area contributed by atoms with Crippen LogP contribution in [0.25, 0.3) is 10.9 Å². The first kappa shape index (κ1) is 12.6. The molecule has 0 saturated carbocycles. The quantitative estimate of drug-likeness (QED) is 0.748.